The summed E-state index contributed by atoms with van der Waals surface area (Å²) in [6, 6.07) is 0. The molecule has 2 bridgehead atoms. The summed E-state index contributed by atoms with van der Waals surface area (Å²) >= 11 is 0. The third kappa shape index (κ3) is 2.75. The van der Waals surface area contributed by atoms with Crippen molar-refractivity contribution in [1.29, 1.82) is 0 Å². The van der Waals surface area contributed by atoms with Crippen molar-refractivity contribution >= 4 is 17.7 Å². The van der Waals surface area contributed by atoms with Crippen molar-refractivity contribution in [2.75, 3.05) is 6.61 Å². The number of hydrogen-bond acceptors (Lipinski definition) is 7. The van der Waals surface area contributed by atoms with E-state index in [1.165, 1.54) is 0 Å². The first-order valence-corrected chi connectivity index (χ1v) is 7.35. The highest BCUT2D eigenvalue weighted by atomic mass is 16.8. The maximum Gasteiger partial charge on any atom is 0.349 e. The zero-order valence-corrected chi connectivity index (χ0v) is 13.6. The maximum absolute atomic E-state index is 12.4. The van der Waals surface area contributed by atoms with Crippen LogP contribution >= 0.6 is 0 Å². The van der Waals surface area contributed by atoms with Crippen molar-refractivity contribution in [2.24, 2.45) is 0 Å². The molecule has 0 aromatic rings. The Morgan fingerprint density at radius 2 is 2.00 bits per heavy atom. The van der Waals surface area contributed by atoms with Crippen LogP contribution in [0.3, 0.4) is 0 Å². The highest BCUT2D eigenvalue weighted by molar-refractivity contribution is 6.12. The highest BCUT2D eigenvalue weighted by Gasteiger charge is 2.70. The molecule has 0 aliphatic carbocycles. The van der Waals surface area contributed by atoms with Gasteiger partial charge in [0.05, 0.1) is 6.61 Å². The normalized spacial score (nSPS) is 34.4. The predicted molar refractivity (Wildman–Crippen MR) is 73.8 cm³/mol. The minimum Gasteiger partial charge on any atom is -0.463 e. The third-order valence-electron chi connectivity index (χ3n) is 3.53. The molecule has 0 aromatic carbocycles. The second kappa shape index (κ2) is 5.31. The fourth-order valence-electron chi connectivity index (χ4n) is 2.66. The molecule has 0 unspecified atom stereocenters. The SMILES string of the molecule is CCOC(=O)[C@]12O[C@](C)(CCC1=O)O[C@H]2C(=O)OC(C)(C)C. The van der Waals surface area contributed by atoms with E-state index in [0.717, 1.165) is 0 Å². The van der Waals surface area contributed by atoms with Crippen molar-refractivity contribution in [3.8, 4) is 0 Å². The van der Waals surface area contributed by atoms with E-state index >= 15 is 0 Å². The van der Waals surface area contributed by atoms with Crippen molar-refractivity contribution in [3.05, 3.63) is 0 Å². The highest BCUT2D eigenvalue weighted by Crippen LogP contribution is 2.46. The minimum absolute atomic E-state index is 0.0645. The molecule has 0 radical (unpaired) electrons. The molecule has 2 aliphatic heterocycles. The smallest absolute Gasteiger partial charge is 0.349 e. The Hall–Kier alpha value is -1.47. The van der Waals surface area contributed by atoms with Gasteiger partial charge in [0.15, 0.2) is 11.6 Å². The van der Waals surface area contributed by atoms with Crippen LogP contribution in [-0.2, 0) is 33.3 Å². The third-order valence-corrected chi connectivity index (χ3v) is 3.53. The molecule has 22 heavy (non-hydrogen) atoms. The molecule has 0 N–H and O–H groups in total. The van der Waals surface area contributed by atoms with E-state index in [9.17, 15) is 14.4 Å². The fourth-order valence-corrected chi connectivity index (χ4v) is 2.66. The molecule has 124 valence electrons. The summed E-state index contributed by atoms with van der Waals surface area (Å²) in [5.41, 5.74) is -2.84. The number of carbonyl (C=O) groups is 3. The van der Waals surface area contributed by atoms with Crippen LogP contribution in [0.1, 0.15) is 47.5 Å². The Kier molecular flexibility index (Phi) is 4.08. The molecule has 0 aromatic heterocycles. The fraction of sp³-hybridized carbons (Fsp3) is 0.800. The Morgan fingerprint density at radius 3 is 2.55 bits per heavy atom. The molecule has 2 fully saturated rings. The quantitative estimate of drug-likeness (QED) is 0.570. The number of rotatable bonds is 3. The molecule has 2 rings (SSSR count). The van der Waals surface area contributed by atoms with Gasteiger partial charge in [0.25, 0.3) is 5.60 Å². The number of esters is 2. The van der Waals surface area contributed by atoms with Crippen LogP contribution in [-0.4, -0.2) is 47.4 Å². The van der Waals surface area contributed by atoms with Crippen LogP contribution in [0.4, 0.5) is 0 Å². The number of ether oxygens (including phenoxy) is 4. The van der Waals surface area contributed by atoms with E-state index in [2.05, 4.69) is 0 Å². The van der Waals surface area contributed by atoms with Gasteiger partial charge < -0.3 is 18.9 Å². The topological polar surface area (TPSA) is 88.1 Å². The lowest BCUT2D eigenvalue weighted by Crippen LogP contribution is -2.60. The summed E-state index contributed by atoms with van der Waals surface area (Å²) < 4.78 is 21.4. The van der Waals surface area contributed by atoms with Crippen molar-refractivity contribution in [2.45, 2.75) is 70.6 Å². The number of carbonyl (C=O) groups excluding carboxylic acids is 3. The van der Waals surface area contributed by atoms with Gasteiger partial charge >= 0.3 is 11.9 Å². The van der Waals surface area contributed by atoms with Crippen LogP contribution in [0, 0.1) is 0 Å². The number of Topliss-reactive ketones (excluding diaryl/α,β-unsaturated/α-hetero) is 1. The Morgan fingerprint density at radius 1 is 1.36 bits per heavy atom. The summed E-state index contributed by atoms with van der Waals surface area (Å²) in [5.74, 6) is -3.40. The van der Waals surface area contributed by atoms with Gasteiger partial charge in [-0.1, -0.05) is 0 Å². The Labute approximate surface area is 129 Å². The van der Waals surface area contributed by atoms with Gasteiger partial charge in [-0.05, 0) is 34.6 Å². The minimum atomic E-state index is -2.06. The molecule has 0 amide bonds. The summed E-state index contributed by atoms with van der Waals surface area (Å²) in [6.45, 7) is 8.33. The first-order valence-electron chi connectivity index (χ1n) is 7.35. The van der Waals surface area contributed by atoms with Crippen LogP contribution in [0.15, 0.2) is 0 Å². The molecule has 0 spiro atoms. The van der Waals surface area contributed by atoms with E-state index in [0.29, 0.717) is 0 Å². The molecule has 7 heteroatoms. The molecule has 3 atom stereocenters. The molecular weight excluding hydrogens is 292 g/mol. The van der Waals surface area contributed by atoms with Crippen LogP contribution in [0.2, 0.25) is 0 Å². The molecule has 2 saturated heterocycles. The van der Waals surface area contributed by atoms with Crippen molar-refractivity contribution < 1.29 is 33.3 Å². The monoisotopic (exact) mass is 314 g/mol. The lowest BCUT2D eigenvalue weighted by atomic mass is 9.87. The van der Waals surface area contributed by atoms with Gasteiger partial charge in [0.1, 0.15) is 5.60 Å². The van der Waals surface area contributed by atoms with Crippen LogP contribution in [0.25, 0.3) is 0 Å². The Bertz CT molecular complexity index is 507. The Balaban J connectivity index is 2.40. The lowest BCUT2D eigenvalue weighted by Gasteiger charge is -2.33. The van der Waals surface area contributed by atoms with Crippen LogP contribution < -0.4 is 0 Å². The number of ketones is 1. The van der Waals surface area contributed by atoms with E-state index in [4.69, 9.17) is 18.9 Å². The zero-order chi connectivity index (χ0) is 16.8. The lowest BCUT2D eigenvalue weighted by molar-refractivity contribution is -0.211. The van der Waals surface area contributed by atoms with Gasteiger partial charge in [0.2, 0.25) is 6.10 Å². The van der Waals surface area contributed by atoms with Crippen molar-refractivity contribution in [3.63, 3.8) is 0 Å². The second-order valence-corrected chi connectivity index (χ2v) is 6.65. The van der Waals surface area contributed by atoms with Crippen molar-refractivity contribution in [1.82, 2.24) is 0 Å². The molecular formula is C15H22O7. The van der Waals surface area contributed by atoms with E-state index < -0.39 is 40.8 Å². The van der Waals surface area contributed by atoms with E-state index in [1.807, 2.05) is 0 Å². The molecule has 2 aliphatic rings. The van der Waals surface area contributed by atoms with E-state index in [1.54, 1.807) is 34.6 Å². The van der Waals surface area contributed by atoms with Gasteiger partial charge in [-0.3, -0.25) is 4.79 Å². The average molecular weight is 314 g/mol. The van der Waals surface area contributed by atoms with Gasteiger partial charge in [-0.15, -0.1) is 0 Å². The van der Waals surface area contributed by atoms with Gasteiger partial charge in [-0.2, -0.15) is 0 Å². The summed E-state index contributed by atoms with van der Waals surface area (Å²) in [7, 11) is 0. The number of hydrogen-bond donors (Lipinski definition) is 0. The first-order chi connectivity index (χ1) is 10.0. The molecule has 0 saturated carbocycles. The van der Waals surface area contributed by atoms with Gasteiger partial charge in [0, 0.05) is 12.8 Å². The standard InChI is InChI=1S/C15H22O7/c1-6-19-12(18)15-9(16)7-8-14(5,22-15)20-10(15)11(17)21-13(2,3)4/h10H,6-8H2,1-5H3/t10-,14+,15-/m0/s1. The predicted octanol–water partition coefficient (Wildman–Crippen LogP) is 1.12. The maximum atomic E-state index is 12.4. The van der Waals surface area contributed by atoms with Crippen LogP contribution in [0.5, 0.6) is 0 Å². The average Bonchev–Trinajstić information content (AvgIpc) is 2.65. The van der Waals surface area contributed by atoms with Gasteiger partial charge in [-0.25, -0.2) is 9.59 Å². The summed E-state index contributed by atoms with van der Waals surface area (Å²) in [6.07, 6.45) is -1.10. The largest absolute Gasteiger partial charge is 0.463 e. The van der Waals surface area contributed by atoms with E-state index in [-0.39, 0.29) is 19.4 Å². The first kappa shape index (κ1) is 16.9. The second-order valence-electron chi connectivity index (χ2n) is 6.65. The molecule has 2 heterocycles. The zero-order valence-electron chi connectivity index (χ0n) is 13.6. The summed E-state index contributed by atoms with van der Waals surface area (Å²) in [4.78, 5) is 37.2. The number of fused-ring (bicyclic) bond motifs is 2. The molecule has 7 nitrogen and oxygen atoms in total. The summed E-state index contributed by atoms with van der Waals surface area (Å²) in [5, 5.41) is 0.